The molecule has 19 heavy (non-hydrogen) atoms. The number of rotatable bonds is 7. The topological polar surface area (TPSA) is 58.2 Å². The Balaban J connectivity index is 1.84. The molecule has 1 aliphatic carbocycles. The summed E-state index contributed by atoms with van der Waals surface area (Å²) < 4.78 is 26.2. The van der Waals surface area contributed by atoms with E-state index < -0.39 is 10.0 Å². The lowest BCUT2D eigenvalue weighted by atomic mass is 10.3. The highest BCUT2D eigenvalue weighted by molar-refractivity contribution is 7.92. The van der Waals surface area contributed by atoms with E-state index in [1.54, 1.807) is 6.07 Å². The molecule has 1 aliphatic rings. The second-order valence-electron chi connectivity index (χ2n) is 4.66. The zero-order valence-electron chi connectivity index (χ0n) is 10.3. The van der Waals surface area contributed by atoms with Crippen molar-refractivity contribution < 1.29 is 8.42 Å². The normalized spacial score (nSPS) is 15.5. The summed E-state index contributed by atoms with van der Waals surface area (Å²) in [5.41, 5.74) is 0.396. The number of anilines is 1. The van der Waals surface area contributed by atoms with Crippen LogP contribution in [-0.2, 0) is 10.0 Å². The van der Waals surface area contributed by atoms with Crippen LogP contribution in [0.1, 0.15) is 19.3 Å². The van der Waals surface area contributed by atoms with Crippen molar-refractivity contribution in [3.63, 3.8) is 0 Å². The van der Waals surface area contributed by atoms with Crippen LogP contribution < -0.4 is 10.0 Å². The van der Waals surface area contributed by atoms with Gasteiger partial charge in [-0.05, 0) is 44.0 Å². The van der Waals surface area contributed by atoms with Crippen molar-refractivity contribution in [3.8, 4) is 0 Å². The average Bonchev–Trinajstić information content (AvgIpc) is 3.06. The van der Waals surface area contributed by atoms with Crippen molar-refractivity contribution in [3.05, 3.63) is 28.2 Å². The number of hydrogen-bond donors (Lipinski definition) is 2. The fraction of sp³-hybridized carbons (Fsp3) is 0.500. The minimum absolute atomic E-state index is 0.0802. The third kappa shape index (κ3) is 5.57. The summed E-state index contributed by atoms with van der Waals surface area (Å²) in [6.07, 6.45) is 2.98. The standard InChI is InChI=1S/C12H16Cl2N2O2S/c13-9-6-10(14)8-12(7-9)16-19(17,18)5-1-4-15-11-2-3-11/h6-8,11,15-16H,1-5H2. The largest absolute Gasteiger partial charge is 0.314 e. The van der Waals surface area contributed by atoms with Gasteiger partial charge >= 0.3 is 0 Å². The van der Waals surface area contributed by atoms with Crippen LogP contribution in [-0.4, -0.2) is 26.8 Å². The first-order chi connectivity index (χ1) is 8.94. The van der Waals surface area contributed by atoms with Gasteiger partial charge in [0.05, 0.1) is 11.4 Å². The highest BCUT2D eigenvalue weighted by atomic mass is 35.5. The fourth-order valence-electron chi connectivity index (χ4n) is 1.70. The highest BCUT2D eigenvalue weighted by Crippen LogP contribution is 2.23. The van der Waals surface area contributed by atoms with Gasteiger partial charge in [0.25, 0.3) is 0 Å². The molecule has 0 amide bonds. The van der Waals surface area contributed by atoms with Crippen LogP contribution in [0, 0.1) is 0 Å². The van der Waals surface area contributed by atoms with E-state index in [4.69, 9.17) is 23.2 Å². The van der Waals surface area contributed by atoms with Crippen molar-refractivity contribution >= 4 is 38.9 Å². The summed E-state index contributed by atoms with van der Waals surface area (Å²) in [5, 5.41) is 4.08. The molecular formula is C12H16Cl2N2O2S. The van der Waals surface area contributed by atoms with Crippen LogP contribution in [0.25, 0.3) is 0 Å². The van der Waals surface area contributed by atoms with Gasteiger partial charge in [-0.15, -0.1) is 0 Å². The maximum absolute atomic E-state index is 11.9. The van der Waals surface area contributed by atoms with E-state index >= 15 is 0 Å². The third-order valence-electron chi connectivity index (χ3n) is 2.74. The third-order valence-corrected chi connectivity index (χ3v) is 4.55. The van der Waals surface area contributed by atoms with E-state index in [-0.39, 0.29) is 5.75 Å². The van der Waals surface area contributed by atoms with E-state index in [2.05, 4.69) is 10.0 Å². The van der Waals surface area contributed by atoms with Gasteiger partial charge in [-0.3, -0.25) is 4.72 Å². The van der Waals surface area contributed by atoms with Gasteiger partial charge in [0.15, 0.2) is 0 Å². The maximum atomic E-state index is 11.9. The first-order valence-corrected chi connectivity index (χ1v) is 8.55. The maximum Gasteiger partial charge on any atom is 0.232 e. The lowest BCUT2D eigenvalue weighted by Crippen LogP contribution is -2.23. The molecule has 1 saturated carbocycles. The van der Waals surface area contributed by atoms with Gasteiger partial charge in [0, 0.05) is 16.1 Å². The Kier molecular flexibility index (Phi) is 4.95. The van der Waals surface area contributed by atoms with E-state index in [1.165, 1.54) is 25.0 Å². The van der Waals surface area contributed by atoms with Gasteiger partial charge in [-0.25, -0.2) is 8.42 Å². The molecule has 0 aliphatic heterocycles. The summed E-state index contributed by atoms with van der Waals surface area (Å²) in [7, 11) is -3.35. The van der Waals surface area contributed by atoms with Crippen molar-refractivity contribution in [2.45, 2.75) is 25.3 Å². The molecule has 1 aromatic carbocycles. The molecule has 0 aromatic heterocycles. The van der Waals surface area contributed by atoms with Crippen LogP contribution in [0.2, 0.25) is 10.0 Å². The summed E-state index contributed by atoms with van der Waals surface area (Å²) in [4.78, 5) is 0. The lowest BCUT2D eigenvalue weighted by Gasteiger charge is -2.09. The second kappa shape index (κ2) is 6.31. The molecule has 0 radical (unpaired) electrons. The van der Waals surface area contributed by atoms with Crippen molar-refractivity contribution in [2.75, 3.05) is 17.0 Å². The highest BCUT2D eigenvalue weighted by Gasteiger charge is 2.20. The number of halogens is 2. The molecule has 0 spiro atoms. The molecule has 2 N–H and O–H groups in total. The van der Waals surface area contributed by atoms with Crippen LogP contribution in [0.4, 0.5) is 5.69 Å². The Labute approximate surface area is 123 Å². The molecule has 0 saturated heterocycles. The zero-order valence-corrected chi connectivity index (χ0v) is 12.7. The first-order valence-electron chi connectivity index (χ1n) is 6.14. The molecule has 106 valence electrons. The quantitative estimate of drug-likeness (QED) is 0.759. The fourth-order valence-corrected chi connectivity index (χ4v) is 3.33. The van der Waals surface area contributed by atoms with Crippen molar-refractivity contribution in [1.29, 1.82) is 0 Å². The van der Waals surface area contributed by atoms with Crippen LogP contribution >= 0.6 is 23.2 Å². The monoisotopic (exact) mass is 322 g/mol. The molecule has 0 unspecified atom stereocenters. The van der Waals surface area contributed by atoms with Crippen LogP contribution in [0.5, 0.6) is 0 Å². The SMILES string of the molecule is O=S(=O)(CCCNC1CC1)Nc1cc(Cl)cc(Cl)c1. The molecule has 1 fully saturated rings. The second-order valence-corrected chi connectivity index (χ2v) is 7.38. The van der Waals surface area contributed by atoms with Gasteiger partial charge in [-0.2, -0.15) is 0 Å². The smallest absolute Gasteiger partial charge is 0.232 e. The van der Waals surface area contributed by atoms with Crippen LogP contribution in [0.3, 0.4) is 0 Å². The number of hydrogen-bond acceptors (Lipinski definition) is 3. The van der Waals surface area contributed by atoms with E-state index in [1.807, 2.05) is 0 Å². The molecule has 0 bridgehead atoms. The zero-order chi connectivity index (χ0) is 13.9. The Morgan fingerprint density at radius 3 is 2.37 bits per heavy atom. The molecule has 7 heteroatoms. The Morgan fingerprint density at radius 2 is 1.79 bits per heavy atom. The minimum Gasteiger partial charge on any atom is -0.314 e. The molecule has 1 aromatic rings. The predicted molar refractivity (Wildman–Crippen MR) is 79.5 cm³/mol. The lowest BCUT2D eigenvalue weighted by molar-refractivity contribution is 0.593. The Hall–Kier alpha value is -0.490. The summed E-state index contributed by atoms with van der Waals surface area (Å²) in [5.74, 6) is 0.0802. The van der Waals surface area contributed by atoms with E-state index in [0.29, 0.717) is 28.2 Å². The molecule has 0 atom stereocenters. The van der Waals surface area contributed by atoms with Crippen molar-refractivity contribution in [2.24, 2.45) is 0 Å². The number of nitrogens with one attached hydrogen (secondary N) is 2. The number of sulfonamides is 1. The van der Waals surface area contributed by atoms with Crippen molar-refractivity contribution in [1.82, 2.24) is 5.32 Å². The number of benzene rings is 1. The van der Waals surface area contributed by atoms with Gasteiger partial charge in [0.2, 0.25) is 10.0 Å². The molecule has 0 heterocycles. The van der Waals surface area contributed by atoms with E-state index in [0.717, 1.165) is 6.54 Å². The first kappa shape index (κ1) is 14.9. The Morgan fingerprint density at radius 1 is 1.16 bits per heavy atom. The average molecular weight is 323 g/mol. The minimum atomic E-state index is -3.35. The van der Waals surface area contributed by atoms with Gasteiger partial charge in [-0.1, -0.05) is 23.2 Å². The van der Waals surface area contributed by atoms with E-state index in [9.17, 15) is 8.42 Å². The molecule has 4 nitrogen and oxygen atoms in total. The molecular weight excluding hydrogens is 307 g/mol. The predicted octanol–water partition coefficient (Wildman–Crippen LogP) is 2.88. The summed E-state index contributed by atoms with van der Waals surface area (Å²) in [6.45, 7) is 0.724. The van der Waals surface area contributed by atoms with Gasteiger partial charge in [0.1, 0.15) is 0 Å². The Bertz CT molecular complexity index is 524. The summed E-state index contributed by atoms with van der Waals surface area (Å²) in [6, 6.07) is 5.23. The molecule has 2 rings (SSSR count). The van der Waals surface area contributed by atoms with Crippen LogP contribution in [0.15, 0.2) is 18.2 Å². The van der Waals surface area contributed by atoms with Gasteiger partial charge < -0.3 is 5.32 Å². The summed E-state index contributed by atoms with van der Waals surface area (Å²) >= 11 is 11.6.